The Morgan fingerprint density at radius 1 is 0.931 bits per heavy atom. The predicted octanol–water partition coefficient (Wildman–Crippen LogP) is 3.95. The number of ether oxygens (including phenoxy) is 1. The number of anilines is 2. The number of hydrogen-bond acceptors (Lipinski definition) is 4. The maximum atomic E-state index is 12.8. The molecule has 2 amide bonds. The molecule has 29 heavy (non-hydrogen) atoms. The van der Waals surface area contributed by atoms with Gasteiger partial charge in [0, 0.05) is 37.6 Å². The van der Waals surface area contributed by atoms with E-state index in [1.54, 1.807) is 12.1 Å². The monoisotopic (exact) mass is 395 g/mol. The van der Waals surface area contributed by atoms with Gasteiger partial charge in [0.05, 0.1) is 12.7 Å². The van der Waals surface area contributed by atoms with Crippen LogP contribution in [0.25, 0.3) is 0 Å². The summed E-state index contributed by atoms with van der Waals surface area (Å²) in [6.45, 7) is 7.02. The average Bonchev–Trinajstić information content (AvgIpc) is 2.78. The zero-order valence-electron chi connectivity index (χ0n) is 17.4. The van der Waals surface area contributed by atoms with Crippen molar-refractivity contribution in [1.82, 2.24) is 4.90 Å². The molecule has 154 valence electrons. The van der Waals surface area contributed by atoms with Gasteiger partial charge in [-0.05, 0) is 48.2 Å². The summed E-state index contributed by atoms with van der Waals surface area (Å²) in [5.41, 5.74) is 4.88. The van der Waals surface area contributed by atoms with Gasteiger partial charge in [-0.3, -0.25) is 0 Å². The van der Waals surface area contributed by atoms with Crippen molar-refractivity contribution in [3.63, 3.8) is 0 Å². The van der Waals surface area contributed by atoms with Crippen molar-refractivity contribution in [2.24, 2.45) is 0 Å². The fourth-order valence-electron chi connectivity index (χ4n) is 3.68. The second kappa shape index (κ2) is 9.45. The molecular formula is C23H29N3O3. The number of carbonyl (C=O) groups is 2. The van der Waals surface area contributed by atoms with Gasteiger partial charge in [0.2, 0.25) is 0 Å². The molecule has 0 radical (unpaired) electrons. The number of amides is 2. The van der Waals surface area contributed by atoms with Crippen molar-refractivity contribution in [2.75, 3.05) is 43.5 Å². The van der Waals surface area contributed by atoms with E-state index >= 15 is 0 Å². The van der Waals surface area contributed by atoms with E-state index in [1.165, 1.54) is 18.2 Å². The number of rotatable bonds is 5. The number of nitrogens with one attached hydrogen (secondary N) is 1. The van der Waals surface area contributed by atoms with Gasteiger partial charge in [-0.2, -0.15) is 0 Å². The molecule has 1 fully saturated rings. The highest BCUT2D eigenvalue weighted by molar-refractivity contribution is 5.91. The first-order valence-corrected chi connectivity index (χ1v) is 10.2. The number of aryl methyl sites for hydroxylation is 2. The van der Waals surface area contributed by atoms with Gasteiger partial charge >= 0.3 is 12.0 Å². The summed E-state index contributed by atoms with van der Waals surface area (Å²) < 4.78 is 4.74. The zero-order chi connectivity index (χ0) is 20.8. The minimum absolute atomic E-state index is 0.0405. The van der Waals surface area contributed by atoms with E-state index in [0.717, 1.165) is 37.3 Å². The second-order valence-corrected chi connectivity index (χ2v) is 7.10. The number of hydrogen-bond donors (Lipinski definition) is 1. The normalized spacial score (nSPS) is 13.9. The molecule has 0 aromatic heterocycles. The van der Waals surface area contributed by atoms with Crippen LogP contribution in [0.4, 0.5) is 16.2 Å². The van der Waals surface area contributed by atoms with Gasteiger partial charge in [0.15, 0.2) is 0 Å². The smallest absolute Gasteiger partial charge is 0.337 e. The minimum atomic E-state index is -0.336. The number of carbonyl (C=O) groups excluding carboxylic acids is 2. The maximum Gasteiger partial charge on any atom is 0.337 e. The highest BCUT2D eigenvalue weighted by Crippen LogP contribution is 2.24. The van der Waals surface area contributed by atoms with Crippen LogP contribution in [-0.2, 0) is 17.6 Å². The van der Waals surface area contributed by atoms with E-state index in [1.807, 2.05) is 17.0 Å². The van der Waals surface area contributed by atoms with E-state index in [-0.39, 0.29) is 12.0 Å². The predicted molar refractivity (Wildman–Crippen MR) is 116 cm³/mol. The Kier molecular flexibility index (Phi) is 6.75. The number of urea groups is 1. The molecule has 2 aromatic carbocycles. The lowest BCUT2D eigenvalue weighted by atomic mass is 10.0. The van der Waals surface area contributed by atoms with Crippen LogP contribution in [-0.4, -0.2) is 50.2 Å². The van der Waals surface area contributed by atoms with Crippen LogP contribution in [0.5, 0.6) is 0 Å². The minimum Gasteiger partial charge on any atom is -0.465 e. The second-order valence-electron chi connectivity index (χ2n) is 7.10. The summed E-state index contributed by atoms with van der Waals surface area (Å²) in [7, 11) is 1.38. The van der Waals surface area contributed by atoms with E-state index in [9.17, 15) is 9.59 Å². The van der Waals surface area contributed by atoms with Crippen LogP contribution >= 0.6 is 0 Å². The molecular weight excluding hydrogens is 366 g/mol. The molecule has 0 spiro atoms. The van der Waals surface area contributed by atoms with Gasteiger partial charge in [0.1, 0.15) is 0 Å². The number of methoxy groups -OCH3 is 1. The molecule has 2 aromatic rings. The highest BCUT2D eigenvalue weighted by Gasteiger charge is 2.22. The van der Waals surface area contributed by atoms with Crippen molar-refractivity contribution in [3.8, 4) is 0 Å². The Morgan fingerprint density at radius 2 is 1.52 bits per heavy atom. The van der Waals surface area contributed by atoms with Gasteiger partial charge in [-0.15, -0.1) is 0 Å². The molecule has 1 aliphatic rings. The van der Waals surface area contributed by atoms with Crippen LogP contribution in [0.15, 0.2) is 42.5 Å². The Morgan fingerprint density at radius 3 is 2.03 bits per heavy atom. The Hall–Kier alpha value is -3.02. The lowest BCUT2D eigenvalue weighted by Gasteiger charge is -2.36. The number of nitrogens with zero attached hydrogens (tertiary/aromatic N) is 2. The summed E-state index contributed by atoms with van der Waals surface area (Å²) in [6, 6.07) is 13.6. The highest BCUT2D eigenvalue weighted by atomic mass is 16.5. The third kappa shape index (κ3) is 4.70. The Bertz CT molecular complexity index is 834. The maximum absolute atomic E-state index is 12.8. The summed E-state index contributed by atoms with van der Waals surface area (Å²) in [5.74, 6) is -0.336. The van der Waals surface area contributed by atoms with Gasteiger partial charge in [-0.1, -0.05) is 32.0 Å². The molecule has 0 aliphatic carbocycles. The summed E-state index contributed by atoms with van der Waals surface area (Å²) in [4.78, 5) is 28.5. The molecule has 3 rings (SSSR count). The number of piperazine rings is 1. The van der Waals surface area contributed by atoms with Crippen molar-refractivity contribution in [2.45, 2.75) is 26.7 Å². The van der Waals surface area contributed by atoms with Crippen LogP contribution in [0, 0.1) is 0 Å². The van der Waals surface area contributed by atoms with Crippen molar-refractivity contribution in [3.05, 3.63) is 59.2 Å². The average molecular weight is 396 g/mol. The van der Waals surface area contributed by atoms with Crippen molar-refractivity contribution >= 4 is 23.4 Å². The van der Waals surface area contributed by atoms with Crippen LogP contribution in [0.3, 0.4) is 0 Å². The summed E-state index contributed by atoms with van der Waals surface area (Å²) in [6.07, 6.45) is 1.78. The number of benzene rings is 2. The lowest BCUT2D eigenvalue weighted by molar-refractivity contribution is 0.0600. The SMILES string of the molecule is CCc1cccc(CC)c1NC(=O)N1CCN(c2ccc(C(=O)OC)cc2)CC1. The first-order chi connectivity index (χ1) is 14.1. The standard InChI is InChI=1S/C23H29N3O3/c1-4-17-7-6-8-18(5-2)21(17)24-23(28)26-15-13-25(14-16-26)20-11-9-19(10-12-20)22(27)29-3/h6-12H,4-5,13-16H2,1-3H3,(H,24,28). The third-order valence-electron chi connectivity index (χ3n) is 5.45. The molecule has 1 heterocycles. The van der Waals surface area contributed by atoms with Crippen LogP contribution in [0.1, 0.15) is 35.3 Å². The summed E-state index contributed by atoms with van der Waals surface area (Å²) >= 11 is 0. The van der Waals surface area contributed by atoms with E-state index in [4.69, 9.17) is 4.74 Å². The molecule has 0 atom stereocenters. The Balaban J connectivity index is 1.61. The Labute approximate surface area is 172 Å². The molecule has 1 saturated heterocycles. The van der Waals surface area contributed by atoms with Gasteiger partial charge < -0.3 is 19.9 Å². The quantitative estimate of drug-likeness (QED) is 0.779. The van der Waals surface area contributed by atoms with Gasteiger partial charge in [0.25, 0.3) is 0 Å². The third-order valence-corrected chi connectivity index (χ3v) is 5.45. The summed E-state index contributed by atoms with van der Waals surface area (Å²) in [5, 5.41) is 3.15. The number of para-hydroxylation sites is 1. The fourth-order valence-corrected chi connectivity index (χ4v) is 3.68. The van der Waals surface area contributed by atoms with Gasteiger partial charge in [-0.25, -0.2) is 9.59 Å². The first-order valence-electron chi connectivity index (χ1n) is 10.2. The first kappa shape index (κ1) is 20.7. The van der Waals surface area contributed by atoms with Crippen molar-refractivity contribution < 1.29 is 14.3 Å². The number of esters is 1. The van der Waals surface area contributed by atoms with E-state index < -0.39 is 0 Å². The molecule has 0 saturated carbocycles. The molecule has 0 unspecified atom stereocenters. The zero-order valence-corrected chi connectivity index (χ0v) is 17.4. The topological polar surface area (TPSA) is 61.9 Å². The van der Waals surface area contributed by atoms with E-state index in [0.29, 0.717) is 18.7 Å². The lowest BCUT2D eigenvalue weighted by Crippen LogP contribution is -2.50. The van der Waals surface area contributed by atoms with E-state index in [2.05, 4.69) is 42.3 Å². The van der Waals surface area contributed by atoms with Crippen LogP contribution in [0.2, 0.25) is 0 Å². The molecule has 1 N–H and O–H groups in total. The molecule has 1 aliphatic heterocycles. The van der Waals surface area contributed by atoms with Crippen LogP contribution < -0.4 is 10.2 Å². The molecule has 0 bridgehead atoms. The fraction of sp³-hybridized carbons (Fsp3) is 0.391. The molecule has 6 nitrogen and oxygen atoms in total. The largest absolute Gasteiger partial charge is 0.465 e. The van der Waals surface area contributed by atoms with Crippen molar-refractivity contribution in [1.29, 1.82) is 0 Å². The molecule has 6 heteroatoms.